The Morgan fingerprint density at radius 1 is 1.33 bits per heavy atom. The van der Waals surface area contributed by atoms with E-state index in [1.165, 1.54) is 45.2 Å². The predicted molar refractivity (Wildman–Crippen MR) is 85.3 cm³/mol. The number of esters is 1. The predicted octanol–water partition coefficient (Wildman–Crippen LogP) is 2.57. The first-order valence-electron chi connectivity index (χ1n) is 8.71. The number of carbonyl (C=O) groups excluding carboxylic acids is 1. The van der Waals surface area contributed by atoms with E-state index in [0.29, 0.717) is 18.1 Å². The van der Waals surface area contributed by atoms with Gasteiger partial charge in [-0.1, -0.05) is 20.3 Å². The number of hydrogen-bond acceptors (Lipinski definition) is 4. The maximum Gasteiger partial charge on any atom is 0.323 e. The van der Waals surface area contributed by atoms with Crippen molar-refractivity contribution in [3.05, 3.63) is 0 Å². The molecule has 2 fully saturated rings. The number of nitrogens with zero attached hydrogens (tertiary/aromatic N) is 1. The summed E-state index contributed by atoms with van der Waals surface area (Å²) in [5.41, 5.74) is 0.531. The van der Waals surface area contributed by atoms with Gasteiger partial charge in [0, 0.05) is 12.6 Å². The van der Waals surface area contributed by atoms with Crippen LogP contribution in [0.4, 0.5) is 0 Å². The molecule has 1 heterocycles. The van der Waals surface area contributed by atoms with Crippen LogP contribution < -0.4 is 5.32 Å². The SMILES string of the molecule is CCOC(=O)C(CCN1CCC(C)(CC)CC1)NC1CC1. The summed E-state index contributed by atoms with van der Waals surface area (Å²) in [5, 5.41) is 3.44. The molecule has 0 bridgehead atoms. The molecule has 1 atom stereocenters. The van der Waals surface area contributed by atoms with Crippen LogP contribution in [0.1, 0.15) is 59.3 Å². The highest BCUT2D eigenvalue weighted by atomic mass is 16.5. The average Bonchev–Trinajstić information content (AvgIpc) is 3.29. The van der Waals surface area contributed by atoms with Crippen molar-refractivity contribution in [3.63, 3.8) is 0 Å². The lowest BCUT2D eigenvalue weighted by Crippen LogP contribution is -2.44. The molecule has 0 aromatic rings. The summed E-state index contributed by atoms with van der Waals surface area (Å²) in [6.45, 7) is 10.4. The number of rotatable bonds is 8. The van der Waals surface area contributed by atoms with E-state index in [-0.39, 0.29) is 12.0 Å². The third-order valence-electron chi connectivity index (χ3n) is 5.24. The lowest BCUT2D eigenvalue weighted by molar-refractivity contribution is -0.146. The minimum Gasteiger partial charge on any atom is -0.465 e. The topological polar surface area (TPSA) is 41.6 Å². The smallest absolute Gasteiger partial charge is 0.323 e. The van der Waals surface area contributed by atoms with Crippen molar-refractivity contribution in [3.8, 4) is 0 Å². The fourth-order valence-corrected chi connectivity index (χ4v) is 3.03. The highest BCUT2D eigenvalue weighted by molar-refractivity contribution is 5.75. The number of hydrogen-bond donors (Lipinski definition) is 1. The second-order valence-corrected chi connectivity index (χ2v) is 7.04. The maximum absolute atomic E-state index is 12.0. The van der Waals surface area contributed by atoms with Gasteiger partial charge in [0.25, 0.3) is 0 Å². The van der Waals surface area contributed by atoms with Gasteiger partial charge in [0.15, 0.2) is 0 Å². The Morgan fingerprint density at radius 3 is 2.52 bits per heavy atom. The number of ether oxygens (including phenoxy) is 1. The molecule has 2 rings (SSSR count). The molecule has 1 saturated carbocycles. The van der Waals surface area contributed by atoms with Crippen LogP contribution in [0.3, 0.4) is 0 Å². The normalized spacial score (nSPS) is 23.8. The first kappa shape index (κ1) is 16.8. The Morgan fingerprint density at radius 2 is 2.00 bits per heavy atom. The van der Waals surface area contributed by atoms with E-state index in [1.807, 2.05) is 6.92 Å². The van der Waals surface area contributed by atoms with Crippen LogP contribution in [0.15, 0.2) is 0 Å². The van der Waals surface area contributed by atoms with Crippen LogP contribution in [0, 0.1) is 5.41 Å². The van der Waals surface area contributed by atoms with E-state index >= 15 is 0 Å². The fraction of sp³-hybridized carbons (Fsp3) is 0.941. The van der Waals surface area contributed by atoms with E-state index in [1.54, 1.807) is 0 Å². The molecule has 1 saturated heterocycles. The quantitative estimate of drug-likeness (QED) is 0.699. The Balaban J connectivity index is 1.74. The molecule has 0 spiro atoms. The first-order chi connectivity index (χ1) is 10.1. The molecule has 0 aromatic carbocycles. The van der Waals surface area contributed by atoms with Crippen molar-refractivity contribution in [2.45, 2.75) is 71.4 Å². The van der Waals surface area contributed by atoms with Gasteiger partial charge in [-0.05, 0) is 57.5 Å². The molecule has 0 aromatic heterocycles. The van der Waals surface area contributed by atoms with Gasteiger partial charge in [-0.3, -0.25) is 4.79 Å². The average molecular weight is 296 g/mol. The standard InChI is InChI=1S/C17H32N2O2/c1-4-17(3)9-12-19(13-10-17)11-8-15(16(20)21-5-2)18-14-6-7-14/h14-15,18H,4-13H2,1-3H3. The molecule has 1 aliphatic heterocycles. The minimum absolute atomic E-state index is 0.0696. The second-order valence-electron chi connectivity index (χ2n) is 7.04. The van der Waals surface area contributed by atoms with Crippen molar-refractivity contribution in [2.24, 2.45) is 5.41 Å². The molecule has 1 N–H and O–H groups in total. The van der Waals surface area contributed by atoms with E-state index in [0.717, 1.165) is 13.0 Å². The Kier molecular flexibility index (Phi) is 6.06. The van der Waals surface area contributed by atoms with Gasteiger partial charge >= 0.3 is 5.97 Å². The lowest BCUT2D eigenvalue weighted by atomic mass is 9.78. The number of piperidine rings is 1. The summed E-state index contributed by atoms with van der Waals surface area (Å²) in [4.78, 5) is 14.5. The van der Waals surface area contributed by atoms with E-state index < -0.39 is 0 Å². The van der Waals surface area contributed by atoms with Crippen molar-refractivity contribution in [2.75, 3.05) is 26.2 Å². The molecule has 2 aliphatic rings. The molecule has 0 amide bonds. The van der Waals surface area contributed by atoms with Crippen LogP contribution in [-0.2, 0) is 9.53 Å². The van der Waals surface area contributed by atoms with Gasteiger partial charge in [-0.25, -0.2) is 0 Å². The molecule has 122 valence electrons. The van der Waals surface area contributed by atoms with Crippen molar-refractivity contribution < 1.29 is 9.53 Å². The van der Waals surface area contributed by atoms with E-state index in [2.05, 4.69) is 24.1 Å². The monoisotopic (exact) mass is 296 g/mol. The lowest BCUT2D eigenvalue weighted by Gasteiger charge is -2.39. The molecule has 1 unspecified atom stereocenters. The van der Waals surface area contributed by atoms with Crippen LogP contribution in [0.25, 0.3) is 0 Å². The fourth-order valence-electron chi connectivity index (χ4n) is 3.03. The first-order valence-corrected chi connectivity index (χ1v) is 8.71. The van der Waals surface area contributed by atoms with Crippen LogP contribution in [0.5, 0.6) is 0 Å². The summed E-state index contributed by atoms with van der Waals surface area (Å²) in [6, 6.07) is 0.432. The Labute approximate surface area is 129 Å². The zero-order valence-corrected chi connectivity index (χ0v) is 14.0. The van der Waals surface area contributed by atoms with Crippen molar-refractivity contribution >= 4 is 5.97 Å². The van der Waals surface area contributed by atoms with Gasteiger partial charge < -0.3 is 15.0 Å². The third-order valence-corrected chi connectivity index (χ3v) is 5.24. The Bertz CT molecular complexity index is 334. The van der Waals surface area contributed by atoms with Crippen LogP contribution in [0.2, 0.25) is 0 Å². The molecular formula is C17H32N2O2. The molecule has 21 heavy (non-hydrogen) atoms. The molecule has 4 heteroatoms. The summed E-state index contributed by atoms with van der Waals surface area (Å²) < 4.78 is 5.20. The second kappa shape index (κ2) is 7.59. The van der Waals surface area contributed by atoms with Gasteiger partial charge in [0.2, 0.25) is 0 Å². The van der Waals surface area contributed by atoms with Gasteiger partial charge in [-0.15, -0.1) is 0 Å². The minimum atomic E-state index is -0.114. The largest absolute Gasteiger partial charge is 0.465 e. The van der Waals surface area contributed by atoms with Gasteiger partial charge in [-0.2, -0.15) is 0 Å². The van der Waals surface area contributed by atoms with E-state index in [4.69, 9.17) is 4.74 Å². The number of likely N-dealkylation sites (tertiary alicyclic amines) is 1. The third kappa shape index (κ3) is 5.26. The summed E-state index contributed by atoms with van der Waals surface area (Å²) in [7, 11) is 0. The van der Waals surface area contributed by atoms with Crippen LogP contribution in [-0.4, -0.2) is 49.2 Å². The highest BCUT2D eigenvalue weighted by Crippen LogP contribution is 2.33. The van der Waals surface area contributed by atoms with Gasteiger partial charge in [0.1, 0.15) is 6.04 Å². The van der Waals surface area contributed by atoms with Crippen molar-refractivity contribution in [1.29, 1.82) is 0 Å². The maximum atomic E-state index is 12.0. The van der Waals surface area contributed by atoms with E-state index in [9.17, 15) is 4.79 Å². The summed E-state index contributed by atoms with van der Waals surface area (Å²) >= 11 is 0. The highest BCUT2D eigenvalue weighted by Gasteiger charge is 2.31. The van der Waals surface area contributed by atoms with Crippen molar-refractivity contribution in [1.82, 2.24) is 10.2 Å². The summed E-state index contributed by atoms with van der Waals surface area (Å²) in [5.74, 6) is -0.0696. The Hall–Kier alpha value is -0.610. The number of nitrogens with one attached hydrogen (secondary N) is 1. The zero-order chi connectivity index (χ0) is 15.3. The zero-order valence-electron chi connectivity index (χ0n) is 14.0. The molecule has 4 nitrogen and oxygen atoms in total. The molecule has 0 radical (unpaired) electrons. The molecular weight excluding hydrogens is 264 g/mol. The van der Waals surface area contributed by atoms with Crippen LogP contribution >= 0.6 is 0 Å². The van der Waals surface area contributed by atoms with Gasteiger partial charge in [0.05, 0.1) is 6.61 Å². The molecule has 1 aliphatic carbocycles. The number of carbonyl (C=O) groups is 1. The summed E-state index contributed by atoms with van der Waals surface area (Å²) in [6.07, 6.45) is 7.11.